The lowest BCUT2D eigenvalue weighted by Crippen LogP contribution is -2.02. The lowest BCUT2D eigenvalue weighted by atomic mass is 10.2. The Balaban J connectivity index is 1.85. The van der Waals surface area contributed by atoms with Gasteiger partial charge < -0.3 is 0 Å². The number of hydrogen-bond acceptors (Lipinski definition) is 3. The minimum absolute atomic E-state index is 0.0562. The maximum absolute atomic E-state index is 13.6. The summed E-state index contributed by atoms with van der Waals surface area (Å²) in [7, 11) is -3.68. The van der Waals surface area contributed by atoms with Crippen LogP contribution in [0, 0.1) is 11.6 Å². The lowest BCUT2D eigenvalue weighted by molar-refractivity contribution is 0.581. The number of nitrogens with zero attached hydrogens (tertiary/aromatic N) is 1. The number of halogens is 3. The summed E-state index contributed by atoms with van der Waals surface area (Å²) in [6, 6.07) is 12.6. The van der Waals surface area contributed by atoms with Gasteiger partial charge in [-0.15, -0.1) is 0 Å². The van der Waals surface area contributed by atoms with Crippen LogP contribution in [0.25, 0.3) is 12.2 Å². The molecule has 0 aliphatic rings. The normalized spacial score (nSPS) is 11.8. The average molecular weight is 436 g/mol. The molecular formula is C19H12BrF2NO2S. The van der Waals surface area contributed by atoms with Crippen LogP contribution in [0.3, 0.4) is 0 Å². The Bertz CT molecular complexity index is 1080. The molecule has 3 nitrogen and oxygen atoms in total. The Morgan fingerprint density at radius 3 is 2.38 bits per heavy atom. The van der Waals surface area contributed by atoms with E-state index in [-0.39, 0.29) is 15.4 Å². The van der Waals surface area contributed by atoms with E-state index in [0.717, 1.165) is 12.1 Å². The van der Waals surface area contributed by atoms with Gasteiger partial charge in [0, 0.05) is 22.3 Å². The fourth-order valence-corrected chi connectivity index (χ4v) is 4.03. The van der Waals surface area contributed by atoms with Gasteiger partial charge in [0.15, 0.2) is 0 Å². The summed E-state index contributed by atoms with van der Waals surface area (Å²) in [5.74, 6) is -1.34. The zero-order valence-electron chi connectivity index (χ0n) is 13.2. The highest BCUT2D eigenvalue weighted by molar-refractivity contribution is 9.10. The molecule has 0 fully saturated rings. The highest BCUT2D eigenvalue weighted by Gasteiger charge is 2.18. The van der Waals surface area contributed by atoms with E-state index in [2.05, 4.69) is 20.9 Å². The number of benzene rings is 2. The second-order valence-electron chi connectivity index (χ2n) is 5.38. The lowest BCUT2D eigenvalue weighted by Gasteiger charge is -2.05. The van der Waals surface area contributed by atoms with E-state index in [1.807, 2.05) is 0 Å². The quantitative estimate of drug-likeness (QED) is 0.570. The topological polar surface area (TPSA) is 47.0 Å². The van der Waals surface area contributed by atoms with Crippen molar-refractivity contribution < 1.29 is 17.2 Å². The predicted molar refractivity (Wildman–Crippen MR) is 99.1 cm³/mol. The Labute approximate surface area is 158 Å². The van der Waals surface area contributed by atoms with Crippen LogP contribution in [0.1, 0.15) is 11.3 Å². The third kappa shape index (κ3) is 4.05. The van der Waals surface area contributed by atoms with Crippen molar-refractivity contribution in [3.05, 3.63) is 88.2 Å². The SMILES string of the molecule is O=S(=O)(c1ccc(C=Cc2ccc(F)cc2F)nc1)c1cccc(Br)c1. The van der Waals surface area contributed by atoms with Gasteiger partial charge in [0.05, 0.1) is 15.5 Å². The van der Waals surface area contributed by atoms with Crippen LogP contribution in [-0.2, 0) is 9.84 Å². The molecule has 7 heteroatoms. The number of hydrogen-bond donors (Lipinski definition) is 0. The molecule has 0 aliphatic heterocycles. The third-order valence-corrected chi connectivity index (χ3v) is 5.80. The van der Waals surface area contributed by atoms with Crippen molar-refractivity contribution in [2.45, 2.75) is 9.79 Å². The van der Waals surface area contributed by atoms with Crippen molar-refractivity contribution in [1.82, 2.24) is 4.98 Å². The number of sulfone groups is 1. The fourth-order valence-electron chi connectivity index (χ4n) is 2.23. The van der Waals surface area contributed by atoms with Crippen molar-refractivity contribution >= 4 is 37.9 Å². The summed E-state index contributed by atoms with van der Waals surface area (Å²) < 4.78 is 52.3. The van der Waals surface area contributed by atoms with Crippen LogP contribution >= 0.6 is 15.9 Å². The number of rotatable bonds is 4. The average Bonchev–Trinajstić information content (AvgIpc) is 2.61. The number of pyridine rings is 1. The van der Waals surface area contributed by atoms with Gasteiger partial charge in [-0.25, -0.2) is 17.2 Å². The van der Waals surface area contributed by atoms with E-state index >= 15 is 0 Å². The van der Waals surface area contributed by atoms with Crippen LogP contribution < -0.4 is 0 Å². The minimum atomic E-state index is -3.68. The summed E-state index contributed by atoms with van der Waals surface area (Å²) >= 11 is 3.25. The monoisotopic (exact) mass is 435 g/mol. The summed E-state index contributed by atoms with van der Waals surface area (Å²) in [6.07, 6.45) is 4.21. The summed E-state index contributed by atoms with van der Waals surface area (Å²) in [6.45, 7) is 0. The van der Waals surface area contributed by atoms with E-state index in [1.54, 1.807) is 12.1 Å². The van der Waals surface area contributed by atoms with Crippen molar-refractivity contribution in [3.63, 3.8) is 0 Å². The molecular weight excluding hydrogens is 424 g/mol. The molecule has 0 radical (unpaired) electrons. The molecule has 0 bridgehead atoms. The second kappa shape index (κ2) is 7.47. The molecule has 1 aromatic heterocycles. The van der Waals surface area contributed by atoms with Gasteiger partial charge in [-0.1, -0.05) is 22.0 Å². The fraction of sp³-hybridized carbons (Fsp3) is 0. The van der Waals surface area contributed by atoms with Gasteiger partial charge in [0.25, 0.3) is 0 Å². The first kappa shape index (κ1) is 18.4. The Morgan fingerprint density at radius 1 is 0.923 bits per heavy atom. The van der Waals surface area contributed by atoms with Gasteiger partial charge in [-0.05, 0) is 54.6 Å². The standard InChI is InChI=1S/C19H12BrF2NO2S/c20-14-2-1-3-17(10-14)26(24,25)18-9-8-16(23-12-18)7-5-13-4-6-15(21)11-19(13)22/h1-12H. The maximum Gasteiger partial charge on any atom is 0.208 e. The van der Waals surface area contributed by atoms with E-state index in [4.69, 9.17) is 0 Å². The van der Waals surface area contributed by atoms with E-state index in [1.165, 1.54) is 48.7 Å². The first-order valence-electron chi connectivity index (χ1n) is 7.46. The first-order valence-corrected chi connectivity index (χ1v) is 9.74. The molecule has 0 atom stereocenters. The molecule has 0 spiro atoms. The van der Waals surface area contributed by atoms with Gasteiger partial charge >= 0.3 is 0 Å². The largest absolute Gasteiger partial charge is 0.256 e. The van der Waals surface area contributed by atoms with E-state index in [9.17, 15) is 17.2 Å². The van der Waals surface area contributed by atoms with Crippen LogP contribution in [-0.4, -0.2) is 13.4 Å². The molecule has 3 rings (SSSR count). The Kier molecular flexibility index (Phi) is 5.29. The highest BCUT2D eigenvalue weighted by Crippen LogP contribution is 2.23. The molecule has 0 aliphatic carbocycles. The molecule has 0 N–H and O–H groups in total. The molecule has 3 aromatic rings. The van der Waals surface area contributed by atoms with E-state index < -0.39 is 21.5 Å². The van der Waals surface area contributed by atoms with Gasteiger partial charge in [0.1, 0.15) is 11.6 Å². The molecule has 0 saturated heterocycles. The molecule has 0 unspecified atom stereocenters. The zero-order chi connectivity index (χ0) is 18.7. The van der Waals surface area contributed by atoms with Gasteiger partial charge in [-0.2, -0.15) is 0 Å². The maximum atomic E-state index is 13.6. The van der Waals surface area contributed by atoms with Crippen LogP contribution in [0.5, 0.6) is 0 Å². The van der Waals surface area contributed by atoms with Crippen molar-refractivity contribution in [2.75, 3.05) is 0 Å². The number of aromatic nitrogens is 1. The minimum Gasteiger partial charge on any atom is -0.256 e. The molecule has 132 valence electrons. The Hall–Kier alpha value is -2.38. The molecule has 26 heavy (non-hydrogen) atoms. The summed E-state index contributed by atoms with van der Waals surface area (Å²) in [5.41, 5.74) is 0.654. The highest BCUT2D eigenvalue weighted by atomic mass is 79.9. The van der Waals surface area contributed by atoms with Crippen molar-refractivity contribution in [1.29, 1.82) is 0 Å². The van der Waals surface area contributed by atoms with Crippen LogP contribution in [0.4, 0.5) is 8.78 Å². The molecule has 0 amide bonds. The van der Waals surface area contributed by atoms with Gasteiger partial charge in [-0.3, -0.25) is 4.98 Å². The van der Waals surface area contributed by atoms with E-state index in [0.29, 0.717) is 10.2 Å². The second-order valence-corrected chi connectivity index (χ2v) is 8.24. The third-order valence-electron chi connectivity index (χ3n) is 3.57. The zero-order valence-corrected chi connectivity index (χ0v) is 15.6. The van der Waals surface area contributed by atoms with Crippen LogP contribution in [0.2, 0.25) is 0 Å². The molecule has 2 aromatic carbocycles. The molecule has 0 saturated carbocycles. The molecule has 1 heterocycles. The Morgan fingerprint density at radius 2 is 1.73 bits per heavy atom. The first-order chi connectivity index (χ1) is 12.4. The van der Waals surface area contributed by atoms with Crippen molar-refractivity contribution in [3.8, 4) is 0 Å². The smallest absolute Gasteiger partial charge is 0.208 e. The summed E-state index contributed by atoms with van der Waals surface area (Å²) in [4.78, 5) is 4.29. The van der Waals surface area contributed by atoms with Crippen molar-refractivity contribution in [2.24, 2.45) is 0 Å². The predicted octanol–water partition coefficient (Wildman–Crippen LogP) is 5.13. The van der Waals surface area contributed by atoms with Gasteiger partial charge in [0.2, 0.25) is 9.84 Å². The summed E-state index contributed by atoms with van der Waals surface area (Å²) in [5, 5.41) is 0. The van der Waals surface area contributed by atoms with Crippen LogP contribution in [0.15, 0.2) is 75.1 Å².